The fraction of sp³-hybridized carbons (Fsp3) is 0.360. The smallest absolute Gasteiger partial charge is 0.232 e. The van der Waals surface area contributed by atoms with Gasteiger partial charge < -0.3 is 19.1 Å². The maximum Gasteiger partial charge on any atom is 0.232 e. The van der Waals surface area contributed by atoms with Crippen molar-refractivity contribution in [3.05, 3.63) is 71.5 Å². The van der Waals surface area contributed by atoms with Crippen molar-refractivity contribution in [1.82, 2.24) is 10.1 Å². The highest BCUT2D eigenvalue weighted by Gasteiger charge is 2.25. The molecule has 0 aliphatic rings. The third kappa shape index (κ3) is 5.73. The van der Waals surface area contributed by atoms with Gasteiger partial charge >= 0.3 is 0 Å². The molecule has 0 unspecified atom stereocenters. The van der Waals surface area contributed by atoms with Crippen LogP contribution in [0, 0.1) is 5.82 Å². The van der Waals surface area contributed by atoms with E-state index >= 15 is 0 Å². The normalized spacial score (nSPS) is 10.9. The number of halogens is 1. The van der Waals surface area contributed by atoms with Crippen LogP contribution in [0.1, 0.15) is 25.0 Å². The van der Waals surface area contributed by atoms with Crippen LogP contribution in [0.4, 0.5) is 10.3 Å². The summed E-state index contributed by atoms with van der Waals surface area (Å²) >= 11 is 0. The van der Waals surface area contributed by atoms with Crippen LogP contribution >= 0.6 is 0 Å². The number of carbonyl (C=O) groups excluding carboxylic acids is 1. The molecule has 1 aromatic heterocycles. The van der Waals surface area contributed by atoms with Gasteiger partial charge in [-0.25, -0.2) is 4.39 Å². The van der Waals surface area contributed by atoms with Crippen molar-refractivity contribution in [2.24, 2.45) is 0 Å². The minimum atomic E-state index is -0.317. The largest absolute Gasteiger partial charge is 0.383 e. The summed E-state index contributed by atoms with van der Waals surface area (Å²) in [7, 11) is 1.62. The number of nitrogens with zero attached hydrogens (tertiary/aromatic N) is 3. The van der Waals surface area contributed by atoms with Crippen LogP contribution < -0.4 is 4.90 Å². The summed E-state index contributed by atoms with van der Waals surface area (Å²) < 4.78 is 24.5. The number of amides is 1. The summed E-state index contributed by atoms with van der Waals surface area (Å²) in [5.74, 6) is 0.303. The molecule has 3 aromatic rings. The Balaban J connectivity index is 1.96. The molecule has 7 heteroatoms. The number of methoxy groups -OCH3 is 1. The predicted octanol–water partition coefficient (Wildman–Crippen LogP) is 4.54. The average Bonchev–Trinajstić information content (AvgIpc) is 3.22. The van der Waals surface area contributed by atoms with E-state index in [0.29, 0.717) is 37.7 Å². The van der Waals surface area contributed by atoms with Crippen molar-refractivity contribution in [2.45, 2.75) is 26.8 Å². The van der Waals surface area contributed by atoms with Crippen LogP contribution in [-0.4, -0.2) is 49.3 Å². The Labute approximate surface area is 188 Å². The number of carbonyl (C=O) groups is 1. The van der Waals surface area contributed by atoms with E-state index in [1.54, 1.807) is 24.1 Å². The molecule has 170 valence electrons. The third-order valence-electron chi connectivity index (χ3n) is 5.40. The molecule has 0 saturated carbocycles. The molecule has 0 fully saturated rings. The third-order valence-corrected chi connectivity index (χ3v) is 5.40. The first-order valence-corrected chi connectivity index (χ1v) is 10.9. The molecule has 6 nitrogen and oxygen atoms in total. The van der Waals surface area contributed by atoms with E-state index in [9.17, 15) is 9.18 Å². The Morgan fingerprint density at radius 2 is 1.75 bits per heavy atom. The van der Waals surface area contributed by atoms with Gasteiger partial charge in [0.05, 0.1) is 25.1 Å². The molecule has 0 radical (unpaired) electrons. The lowest BCUT2D eigenvalue weighted by Crippen LogP contribution is -2.35. The van der Waals surface area contributed by atoms with Crippen molar-refractivity contribution in [3.63, 3.8) is 0 Å². The number of benzene rings is 2. The van der Waals surface area contributed by atoms with Gasteiger partial charge in [0.1, 0.15) is 11.5 Å². The maximum atomic E-state index is 13.5. The molecule has 0 bridgehead atoms. The van der Waals surface area contributed by atoms with Crippen LogP contribution in [0.2, 0.25) is 0 Å². The second kappa shape index (κ2) is 11.4. The molecule has 0 aliphatic heterocycles. The Kier molecular flexibility index (Phi) is 8.39. The number of hydrogen-bond donors (Lipinski definition) is 0. The molecular weight excluding hydrogens is 409 g/mol. The van der Waals surface area contributed by atoms with Gasteiger partial charge in [0, 0.05) is 32.3 Å². The second-order valence-electron chi connectivity index (χ2n) is 7.46. The maximum absolute atomic E-state index is 13.5. The molecule has 1 heterocycles. The molecule has 2 aromatic carbocycles. The van der Waals surface area contributed by atoms with Crippen molar-refractivity contribution >= 4 is 11.8 Å². The quantitative estimate of drug-likeness (QED) is 0.439. The Hall–Kier alpha value is -3.19. The van der Waals surface area contributed by atoms with Gasteiger partial charge in [-0.15, -0.1) is 0 Å². The number of hydrogen-bond acceptors (Lipinski definition) is 5. The van der Waals surface area contributed by atoms with Crippen LogP contribution in [0.5, 0.6) is 0 Å². The van der Waals surface area contributed by atoms with Gasteiger partial charge in [0.15, 0.2) is 0 Å². The molecule has 0 spiro atoms. The molecular formula is C25H30FN3O3. The van der Waals surface area contributed by atoms with E-state index in [1.807, 2.05) is 44.2 Å². The first-order valence-electron chi connectivity index (χ1n) is 10.9. The number of aromatic nitrogens is 1. The van der Waals surface area contributed by atoms with E-state index < -0.39 is 0 Å². The predicted molar refractivity (Wildman–Crippen MR) is 123 cm³/mol. The van der Waals surface area contributed by atoms with Gasteiger partial charge in [-0.2, -0.15) is 0 Å². The summed E-state index contributed by atoms with van der Waals surface area (Å²) in [5.41, 5.74) is 3.11. The van der Waals surface area contributed by atoms with E-state index in [0.717, 1.165) is 29.8 Å². The van der Waals surface area contributed by atoms with Gasteiger partial charge in [0.25, 0.3) is 0 Å². The number of rotatable bonds is 11. The van der Waals surface area contributed by atoms with Crippen LogP contribution in [0.3, 0.4) is 0 Å². The standard InChI is InChI=1S/C25H30FN3O3/c1-4-28(5-2)25-22(24(27-32-25)20-11-13-21(26)14-12-20)18-29(15-16-31-3)23(30)17-19-9-7-6-8-10-19/h6-14H,4-5,15-18H2,1-3H3. The zero-order valence-electron chi connectivity index (χ0n) is 18.9. The van der Waals surface area contributed by atoms with Crippen molar-refractivity contribution < 1.29 is 18.4 Å². The first-order chi connectivity index (χ1) is 15.6. The zero-order chi connectivity index (χ0) is 22.9. The lowest BCUT2D eigenvalue weighted by atomic mass is 10.1. The Morgan fingerprint density at radius 3 is 2.38 bits per heavy atom. The van der Waals surface area contributed by atoms with E-state index in [1.165, 1.54) is 12.1 Å². The Morgan fingerprint density at radius 1 is 1.06 bits per heavy atom. The van der Waals surface area contributed by atoms with Gasteiger partial charge in [-0.05, 0) is 43.7 Å². The molecule has 0 saturated heterocycles. The Bertz CT molecular complexity index is 985. The summed E-state index contributed by atoms with van der Waals surface area (Å²) in [6.45, 7) is 6.71. The van der Waals surface area contributed by atoms with E-state index in [4.69, 9.17) is 9.26 Å². The van der Waals surface area contributed by atoms with Crippen molar-refractivity contribution in [3.8, 4) is 11.3 Å². The van der Waals surface area contributed by atoms with Crippen LogP contribution in [0.15, 0.2) is 59.1 Å². The molecule has 3 rings (SSSR count). The molecule has 0 atom stereocenters. The summed E-state index contributed by atoms with van der Waals surface area (Å²) in [5, 5.41) is 4.30. The van der Waals surface area contributed by atoms with Gasteiger partial charge in [-0.1, -0.05) is 35.5 Å². The highest BCUT2D eigenvalue weighted by molar-refractivity contribution is 5.79. The summed E-state index contributed by atoms with van der Waals surface area (Å²) in [6, 6.07) is 15.8. The highest BCUT2D eigenvalue weighted by Crippen LogP contribution is 2.32. The fourth-order valence-corrected chi connectivity index (χ4v) is 3.60. The second-order valence-corrected chi connectivity index (χ2v) is 7.46. The van der Waals surface area contributed by atoms with Crippen molar-refractivity contribution in [1.29, 1.82) is 0 Å². The molecule has 32 heavy (non-hydrogen) atoms. The molecule has 0 aliphatic carbocycles. The van der Waals surface area contributed by atoms with Crippen molar-refractivity contribution in [2.75, 3.05) is 38.3 Å². The lowest BCUT2D eigenvalue weighted by Gasteiger charge is -2.25. The lowest BCUT2D eigenvalue weighted by molar-refractivity contribution is -0.131. The monoisotopic (exact) mass is 439 g/mol. The van der Waals surface area contributed by atoms with Crippen LogP contribution in [0.25, 0.3) is 11.3 Å². The van der Waals surface area contributed by atoms with E-state index in [-0.39, 0.29) is 11.7 Å². The van der Waals surface area contributed by atoms with Crippen LogP contribution in [-0.2, 0) is 22.5 Å². The average molecular weight is 440 g/mol. The minimum Gasteiger partial charge on any atom is -0.383 e. The van der Waals surface area contributed by atoms with Gasteiger partial charge in [0.2, 0.25) is 11.8 Å². The molecule has 0 N–H and O–H groups in total. The summed E-state index contributed by atoms with van der Waals surface area (Å²) in [6.07, 6.45) is 0.294. The summed E-state index contributed by atoms with van der Waals surface area (Å²) in [4.78, 5) is 17.0. The number of anilines is 1. The fourth-order valence-electron chi connectivity index (χ4n) is 3.60. The topological polar surface area (TPSA) is 58.8 Å². The van der Waals surface area contributed by atoms with E-state index in [2.05, 4.69) is 10.1 Å². The first kappa shape index (κ1) is 23.5. The highest BCUT2D eigenvalue weighted by atomic mass is 19.1. The zero-order valence-corrected chi connectivity index (χ0v) is 18.9. The molecule has 1 amide bonds. The van der Waals surface area contributed by atoms with Gasteiger partial charge in [-0.3, -0.25) is 4.79 Å². The minimum absolute atomic E-state index is 0.00926. The number of ether oxygens (including phenoxy) is 1. The SMILES string of the molecule is CCN(CC)c1onc(-c2ccc(F)cc2)c1CN(CCOC)C(=O)Cc1ccccc1.